The second-order valence-electron chi connectivity index (χ2n) is 5.12. The maximum absolute atomic E-state index is 13.5. The topological polar surface area (TPSA) is 131 Å². The van der Waals surface area contributed by atoms with E-state index in [0.717, 1.165) is 0 Å². The Balaban J connectivity index is 2.70. The summed E-state index contributed by atoms with van der Waals surface area (Å²) in [6.07, 6.45) is -5.01. The molecule has 1 atom stereocenters. The number of alkyl halides is 3. The Labute approximate surface area is 150 Å². The first-order valence-electron chi connectivity index (χ1n) is 6.37. The van der Waals surface area contributed by atoms with E-state index < -0.39 is 44.9 Å². The first-order chi connectivity index (χ1) is 11.2. The molecule has 0 spiro atoms. The number of nitrogens with two attached hydrogens (primary N) is 2. The van der Waals surface area contributed by atoms with Gasteiger partial charge in [-0.2, -0.15) is 21.6 Å². The Morgan fingerprint density at radius 3 is 2.44 bits per heavy atom. The van der Waals surface area contributed by atoms with Gasteiger partial charge >= 0.3 is 6.18 Å². The van der Waals surface area contributed by atoms with Gasteiger partial charge in [-0.1, -0.05) is 35.3 Å². The first-order valence-corrected chi connectivity index (χ1v) is 8.74. The molecule has 1 unspecified atom stereocenters. The van der Waals surface area contributed by atoms with Gasteiger partial charge in [0.2, 0.25) is 5.79 Å². The molecule has 6 N–H and O–H groups in total. The smallest absolute Gasteiger partial charge is 0.383 e. The number of halogens is 5. The van der Waals surface area contributed by atoms with Crippen LogP contribution in [0.5, 0.6) is 0 Å². The molecule has 1 aromatic carbocycles. The Morgan fingerprint density at radius 1 is 1.32 bits per heavy atom. The van der Waals surface area contributed by atoms with Crippen LogP contribution >= 0.6 is 23.2 Å². The number of rotatable bonds is 3. The lowest BCUT2D eigenvalue weighted by atomic mass is 10.00. The molecule has 0 amide bonds. The van der Waals surface area contributed by atoms with E-state index in [0.29, 0.717) is 0 Å². The van der Waals surface area contributed by atoms with Crippen LogP contribution in [-0.4, -0.2) is 36.5 Å². The van der Waals surface area contributed by atoms with Crippen molar-refractivity contribution in [1.29, 1.82) is 0 Å². The molecule has 0 aliphatic carbocycles. The Kier molecular flexibility index (Phi) is 5.01. The van der Waals surface area contributed by atoms with Crippen molar-refractivity contribution in [2.75, 3.05) is 5.75 Å². The molecular weight excluding hydrogens is 408 g/mol. The van der Waals surface area contributed by atoms with Gasteiger partial charge in [0.05, 0.1) is 15.6 Å². The molecule has 0 fully saturated rings. The fourth-order valence-electron chi connectivity index (χ4n) is 2.23. The Morgan fingerprint density at radius 2 is 1.92 bits per heavy atom. The number of nitrogens with zero attached hydrogens (tertiary/aromatic N) is 1. The summed E-state index contributed by atoms with van der Waals surface area (Å²) < 4.78 is 71.3. The molecule has 1 aromatic rings. The van der Waals surface area contributed by atoms with Crippen LogP contribution in [0.25, 0.3) is 5.57 Å². The third kappa shape index (κ3) is 4.36. The summed E-state index contributed by atoms with van der Waals surface area (Å²) >= 11 is 11.8. The zero-order valence-electron chi connectivity index (χ0n) is 12.1. The minimum absolute atomic E-state index is 0.0245. The quantitative estimate of drug-likeness (QED) is 0.552. The van der Waals surface area contributed by atoms with E-state index in [1.807, 2.05) is 0 Å². The molecule has 0 radical (unpaired) electrons. The second-order valence-corrected chi connectivity index (χ2v) is 7.36. The maximum Gasteiger partial charge on any atom is 0.431 e. The Bertz CT molecular complexity index is 886. The number of hydrogen-bond acceptors (Lipinski definition) is 6. The molecule has 1 aliphatic heterocycles. The number of aliphatic imine (C=N–C) groups is 1. The van der Waals surface area contributed by atoms with Crippen LogP contribution in [0.2, 0.25) is 10.0 Å². The highest BCUT2D eigenvalue weighted by molar-refractivity contribution is 7.85. The molecule has 25 heavy (non-hydrogen) atoms. The van der Waals surface area contributed by atoms with Crippen molar-refractivity contribution >= 4 is 44.7 Å². The van der Waals surface area contributed by atoms with Crippen molar-refractivity contribution in [2.24, 2.45) is 16.5 Å². The van der Waals surface area contributed by atoms with Gasteiger partial charge in [-0.25, -0.2) is 4.99 Å². The van der Waals surface area contributed by atoms with Gasteiger partial charge in [-0.15, -0.1) is 0 Å². The van der Waals surface area contributed by atoms with Crippen LogP contribution < -0.4 is 16.8 Å². The van der Waals surface area contributed by atoms with Crippen molar-refractivity contribution in [3.63, 3.8) is 0 Å². The van der Waals surface area contributed by atoms with Crippen LogP contribution in [0.3, 0.4) is 0 Å². The highest BCUT2D eigenvalue weighted by Gasteiger charge is 2.46. The van der Waals surface area contributed by atoms with Gasteiger partial charge in [0.15, 0.2) is 0 Å². The van der Waals surface area contributed by atoms with Gasteiger partial charge < -0.3 is 11.1 Å². The van der Waals surface area contributed by atoms with E-state index >= 15 is 0 Å². The third-order valence-electron chi connectivity index (χ3n) is 3.07. The molecule has 2 rings (SSSR count). The van der Waals surface area contributed by atoms with Crippen molar-refractivity contribution in [3.05, 3.63) is 39.5 Å². The van der Waals surface area contributed by atoms with Crippen molar-refractivity contribution in [3.8, 4) is 0 Å². The molecule has 1 heterocycles. The van der Waals surface area contributed by atoms with Gasteiger partial charge in [-0.3, -0.25) is 10.3 Å². The van der Waals surface area contributed by atoms with Crippen LogP contribution in [0.4, 0.5) is 13.2 Å². The number of nitrogens with one attached hydrogen (secondary N) is 1. The van der Waals surface area contributed by atoms with E-state index in [-0.39, 0.29) is 15.6 Å². The Hall–Kier alpha value is -1.53. The average molecular weight is 419 g/mol. The molecular formula is C12H11Cl2F3N4O3S. The van der Waals surface area contributed by atoms with Gasteiger partial charge in [0, 0.05) is 5.56 Å². The minimum atomic E-state index is -5.01. The van der Waals surface area contributed by atoms with Gasteiger partial charge in [0.1, 0.15) is 17.3 Å². The molecule has 1 aliphatic rings. The molecule has 138 valence electrons. The fourth-order valence-corrected chi connectivity index (χ4v) is 3.32. The number of benzene rings is 1. The highest BCUT2D eigenvalue weighted by Crippen LogP contribution is 2.38. The summed E-state index contributed by atoms with van der Waals surface area (Å²) in [5.74, 6) is -4.57. The van der Waals surface area contributed by atoms with E-state index in [1.54, 1.807) is 5.32 Å². The summed E-state index contributed by atoms with van der Waals surface area (Å²) in [6, 6.07) is 3.93. The van der Waals surface area contributed by atoms with Gasteiger partial charge in [0.25, 0.3) is 10.1 Å². The van der Waals surface area contributed by atoms with Crippen LogP contribution in [0.15, 0.2) is 28.9 Å². The van der Waals surface area contributed by atoms with Crippen molar-refractivity contribution in [1.82, 2.24) is 5.32 Å². The summed E-state index contributed by atoms with van der Waals surface area (Å²) in [6.45, 7) is 0. The molecule has 0 saturated carbocycles. The number of amidine groups is 1. The molecule has 0 saturated heterocycles. The minimum Gasteiger partial charge on any atom is -0.383 e. The highest BCUT2D eigenvalue weighted by atomic mass is 35.5. The molecule has 0 aromatic heterocycles. The second kappa shape index (κ2) is 6.32. The predicted molar refractivity (Wildman–Crippen MR) is 87.5 cm³/mol. The van der Waals surface area contributed by atoms with Gasteiger partial charge in [-0.05, 0) is 6.07 Å². The van der Waals surface area contributed by atoms with E-state index in [2.05, 4.69) is 4.99 Å². The summed E-state index contributed by atoms with van der Waals surface area (Å²) in [5, 5.41) is 1.54. The lowest BCUT2D eigenvalue weighted by molar-refractivity contribution is -0.0987. The number of allylic oxidation sites excluding steroid dienone is 1. The first kappa shape index (κ1) is 19.8. The summed E-state index contributed by atoms with van der Waals surface area (Å²) in [4.78, 5) is 3.55. The van der Waals surface area contributed by atoms with Crippen LogP contribution in [0.1, 0.15) is 5.56 Å². The van der Waals surface area contributed by atoms with E-state index in [4.69, 9.17) is 39.2 Å². The molecule has 7 nitrogen and oxygen atoms in total. The lowest BCUT2D eigenvalue weighted by Gasteiger charge is -2.34. The standard InChI is InChI=1S/C12H11Cl2F3N4O3S/c13-6-3-1-2-5(8(6)14)7-9(12(15,16)17)20-11(19,21-10(7)18)4-25(22,23)24/h1-3,20H,4,19H2,(H2,18,21)(H,22,23,24). The number of hydrogen-bond donors (Lipinski definition) is 4. The van der Waals surface area contributed by atoms with E-state index in [1.165, 1.54) is 18.2 Å². The van der Waals surface area contributed by atoms with Crippen molar-refractivity contribution < 1.29 is 26.1 Å². The molecule has 0 bridgehead atoms. The zero-order valence-corrected chi connectivity index (χ0v) is 14.4. The van der Waals surface area contributed by atoms with Crippen LogP contribution in [0, 0.1) is 0 Å². The summed E-state index contributed by atoms with van der Waals surface area (Å²) in [5.41, 5.74) is 8.84. The molecule has 13 heteroatoms. The third-order valence-corrected chi connectivity index (χ3v) is 4.70. The lowest BCUT2D eigenvalue weighted by Crippen LogP contribution is -2.61. The monoisotopic (exact) mass is 418 g/mol. The van der Waals surface area contributed by atoms with E-state index in [9.17, 15) is 21.6 Å². The average Bonchev–Trinajstić information content (AvgIpc) is 2.38. The zero-order chi connectivity index (χ0) is 19.2. The fraction of sp³-hybridized carbons (Fsp3) is 0.250. The summed E-state index contributed by atoms with van der Waals surface area (Å²) in [7, 11) is -4.76. The predicted octanol–water partition coefficient (Wildman–Crippen LogP) is 1.73. The SMILES string of the molecule is NC1=NC(N)(CS(=O)(=O)O)NC(C(F)(F)F)=C1c1cccc(Cl)c1Cl. The van der Waals surface area contributed by atoms with Crippen molar-refractivity contribution in [2.45, 2.75) is 12.0 Å². The normalized spacial score (nSPS) is 21.8. The largest absolute Gasteiger partial charge is 0.431 e. The van der Waals surface area contributed by atoms with Crippen LogP contribution in [-0.2, 0) is 10.1 Å². The maximum atomic E-state index is 13.5.